The fourth-order valence-electron chi connectivity index (χ4n) is 2.77. The molecule has 1 fully saturated rings. The summed E-state index contributed by atoms with van der Waals surface area (Å²) in [5.74, 6) is -0.452. The van der Waals surface area contributed by atoms with Gasteiger partial charge in [-0.2, -0.15) is 5.26 Å². The molecule has 0 atom stereocenters. The maximum atomic E-state index is 13.6. The van der Waals surface area contributed by atoms with Crippen LogP contribution in [0.2, 0.25) is 0 Å². The van der Waals surface area contributed by atoms with Crippen molar-refractivity contribution in [2.24, 2.45) is 0 Å². The molecule has 1 aromatic carbocycles. The summed E-state index contributed by atoms with van der Waals surface area (Å²) in [4.78, 5) is 13.8. The van der Waals surface area contributed by atoms with Crippen LogP contribution >= 0.6 is 0 Å². The number of halogens is 1. The summed E-state index contributed by atoms with van der Waals surface area (Å²) in [5.41, 5.74) is -0.140. The lowest BCUT2D eigenvalue weighted by atomic mass is 10.00. The molecule has 0 saturated heterocycles. The highest BCUT2D eigenvalue weighted by atomic mass is 19.1. The second kappa shape index (κ2) is 6.68. The van der Waals surface area contributed by atoms with E-state index >= 15 is 0 Å². The van der Waals surface area contributed by atoms with Gasteiger partial charge in [0.05, 0.1) is 12.6 Å². The Hall–Kier alpha value is -1.93. The molecule has 0 aliphatic heterocycles. The van der Waals surface area contributed by atoms with E-state index in [1.807, 2.05) is 0 Å². The highest BCUT2D eigenvalue weighted by Crippen LogP contribution is 2.28. The molecule has 4 nitrogen and oxygen atoms in total. The molecule has 0 spiro atoms. The van der Waals surface area contributed by atoms with Gasteiger partial charge in [0.25, 0.3) is 0 Å². The summed E-state index contributed by atoms with van der Waals surface area (Å²) in [6.45, 7) is 0.511. The highest BCUT2D eigenvalue weighted by Gasteiger charge is 2.35. The highest BCUT2D eigenvalue weighted by molar-refractivity contribution is 5.79. The molecule has 5 heteroatoms. The van der Waals surface area contributed by atoms with E-state index in [1.54, 1.807) is 30.1 Å². The number of likely N-dealkylation sites (N-methyl/N-ethyl adjacent to an activating group) is 1. The van der Waals surface area contributed by atoms with Crippen molar-refractivity contribution in [1.29, 1.82) is 5.26 Å². The SMILES string of the molecule is CN(CC(=O)NC1(C#N)CCCC1)Cc1ccccc1F. The standard InChI is InChI=1S/C16H20FN3O/c1-20(10-13-6-2-3-7-14(13)17)11-15(21)19-16(12-18)8-4-5-9-16/h2-3,6-7H,4-5,8-11H2,1H3,(H,19,21). The number of benzene rings is 1. The number of nitriles is 1. The topological polar surface area (TPSA) is 56.1 Å². The quantitative estimate of drug-likeness (QED) is 0.904. The first-order chi connectivity index (χ1) is 10.0. The Morgan fingerprint density at radius 1 is 1.43 bits per heavy atom. The van der Waals surface area contributed by atoms with Gasteiger partial charge in [0, 0.05) is 12.1 Å². The molecule has 1 aliphatic rings. The lowest BCUT2D eigenvalue weighted by Gasteiger charge is -2.24. The Morgan fingerprint density at radius 3 is 2.71 bits per heavy atom. The Bertz CT molecular complexity index is 547. The van der Waals surface area contributed by atoms with Gasteiger partial charge in [-0.1, -0.05) is 18.2 Å². The first-order valence-corrected chi connectivity index (χ1v) is 7.19. The third-order valence-corrected chi connectivity index (χ3v) is 3.86. The van der Waals surface area contributed by atoms with Gasteiger partial charge in [-0.05, 0) is 38.8 Å². The van der Waals surface area contributed by atoms with Gasteiger partial charge in [0.2, 0.25) is 5.91 Å². The molecule has 0 unspecified atom stereocenters. The minimum Gasteiger partial charge on any atom is -0.337 e. The van der Waals surface area contributed by atoms with Crippen molar-refractivity contribution in [2.45, 2.75) is 37.8 Å². The fraction of sp³-hybridized carbons (Fsp3) is 0.500. The first-order valence-electron chi connectivity index (χ1n) is 7.19. The minimum atomic E-state index is -0.698. The summed E-state index contributed by atoms with van der Waals surface area (Å²) >= 11 is 0. The van der Waals surface area contributed by atoms with Gasteiger partial charge in [0.15, 0.2) is 0 Å². The summed E-state index contributed by atoms with van der Waals surface area (Å²) in [7, 11) is 1.76. The fourth-order valence-corrected chi connectivity index (χ4v) is 2.77. The molecule has 1 saturated carbocycles. The third-order valence-electron chi connectivity index (χ3n) is 3.86. The Kier molecular flexibility index (Phi) is 4.92. The summed E-state index contributed by atoms with van der Waals surface area (Å²) in [5, 5.41) is 12.1. The monoisotopic (exact) mass is 289 g/mol. The number of rotatable bonds is 5. The summed E-state index contributed by atoms with van der Waals surface area (Å²) < 4.78 is 13.6. The van der Waals surface area contributed by atoms with Gasteiger partial charge in [-0.15, -0.1) is 0 Å². The molecular formula is C16H20FN3O. The molecule has 0 heterocycles. The van der Waals surface area contributed by atoms with Crippen LogP contribution in [0.25, 0.3) is 0 Å². The van der Waals surface area contributed by atoms with Crippen molar-refractivity contribution in [3.8, 4) is 6.07 Å². The zero-order valence-corrected chi connectivity index (χ0v) is 12.2. The largest absolute Gasteiger partial charge is 0.337 e. The first kappa shape index (κ1) is 15.5. The summed E-state index contributed by atoms with van der Waals surface area (Å²) in [6, 6.07) is 8.76. The van der Waals surface area contributed by atoms with Crippen LogP contribution in [-0.2, 0) is 11.3 Å². The number of nitrogens with zero attached hydrogens (tertiary/aromatic N) is 2. The second-order valence-corrected chi connectivity index (χ2v) is 5.71. The molecule has 0 bridgehead atoms. The Labute approximate surface area is 124 Å². The smallest absolute Gasteiger partial charge is 0.235 e. The zero-order valence-electron chi connectivity index (χ0n) is 12.2. The van der Waals surface area contributed by atoms with Crippen LogP contribution in [0, 0.1) is 17.1 Å². The van der Waals surface area contributed by atoms with E-state index in [1.165, 1.54) is 6.07 Å². The van der Waals surface area contributed by atoms with Gasteiger partial charge < -0.3 is 5.32 Å². The van der Waals surface area contributed by atoms with Crippen molar-refractivity contribution in [3.63, 3.8) is 0 Å². The van der Waals surface area contributed by atoms with E-state index in [2.05, 4.69) is 11.4 Å². The number of nitrogens with one attached hydrogen (secondary N) is 1. The van der Waals surface area contributed by atoms with Crippen molar-refractivity contribution in [1.82, 2.24) is 10.2 Å². The maximum absolute atomic E-state index is 13.6. The van der Waals surface area contributed by atoms with E-state index in [-0.39, 0.29) is 18.3 Å². The van der Waals surface area contributed by atoms with Crippen LogP contribution in [0.1, 0.15) is 31.2 Å². The van der Waals surface area contributed by atoms with Crippen LogP contribution < -0.4 is 5.32 Å². The number of hydrogen-bond acceptors (Lipinski definition) is 3. The molecule has 1 aliphatic carbocycles. The Morgan fingerprint density at radius 2 is 2.10 bits per heavy atom. The zero-order chi connectivity index (χ0) is 15.3. The summed E-state index contributed by atoms with van der Waals surface area (Å²) in [6.07, 6.45) is 3.37. The number of amides is 1. The number of hydrogen-bond donors (Lipinski definition) is 1. The minimum absolute atomic E-state index is 0.151. The van der Waals surface area contributed by atoms with Crippen molar-refractivity contribution in [3.05, 3.63) is 35.6 Å². The van der Waals surface area contributed by atoms with Gasteiger partial charge >= 0.3 is 0 Å². The van der Waals surface area contributed by atoms with Crippen molar-refractivity contribution >= 4 is 5.91 Å². The third kappa shape index (κ3) is 4.02. The molecule has 112 valence electrons. The average molecular weight is 289 g/mol. The van der Waals surface area contributed by atoms with Crippen molar-refractivity contribution < 1.29 is 9.18 Å². The molecule has 1 amide bonds. The van der Waals surface area contributed by atoms with Crippen LogP contribution in [0.15, 0.2) is 24.3 Å². The van der Waals surface area contributed by atoms with E-state index in [0.29, 0.717) is 24.9 Å². The van der Waals surface area contributed by atoms with Crippen LogP contribution in [0.4, 0.5) is 4.39 Å². The van der Waals surface area contributed by atoms with Gasteiger partial charge in [0.1, 0.15) is 11.4 Å². The molecule has 2 rings (SSSR count). The lowest BCUT2D eigenvalue weighted by molar-refractivity contribution is -0.123. The molecule has 1 aromatic rings. The average Bonchev–Trinajstić information content (AvgIpc) is 2.90. The van der Waals surface area contributed by atoms with E-state index in [4.69, 9.17) is 0 Å². The molecule has 0 aromatic heterocycles. The molecule has 1 N–H and O–H groups in total. The van der Waals surface area contributed by atoms with Gasteiger partial charge in [-0.25, -0.2) is 4.39 Å². The number of carbonyl (C=O) groups is 1. The number of carbonyl (C=O) groups excluding carboxylic acids is 1. The van der Waals surface area contributed by atoms with Crippen LogP contribution in [0.3, 0.4) is 0 Å². The normalized spacial score (nSPS) is 16.7. The van der Waals surface area contributed by atoms with Crippen LogP contribution in [-0.4, -0.2) is 29.9 Å². The van der Waals surface area contributed by atoms with Crippen LogP contribution in [0.5, 0.6) is 0 Å². The molecular weight excluding hydrogens is 269 g/mol. The second-order valence-electron chi connectivity index (χ2n) is 5.71. The van der Waals surface area contributed by atoms with E-state index < -0.39 is 5.54 Å². The maximum Gasteiger partial charge on any atom is 0.235 e. The predicted octanol–water partition coefficient (Wildman–Crippen LogP) is 2.21. The predicted molar refractivity (Wildman–Crippen MR) is 77.7 cm³/mol. The van der Waals surface area contributed by atoms with E-state index in [0.717, 1.165) is 12.8 Å². The van der Waals surface area contributed by atoms with Gasteiger partial charge in [-0.3, -0.25) is 9.69 Å². The van der Waals surface area contributed by atoms with E-state index in [9.17, 15) is 14.4 Å². The molecule has 0 radical (unpaired) electrons. The molecule has 21 heavy (non-hydrogen) atoms. The van der Waals surface area contributed by atoms with Crippen molar-refractivity contribution in [2.75, 3.05) is 13.6 Å². The Balaban J connectivity index is 1.88. The lowest BCUT2D eigenvalue weighted by Crippen LogP contribution is -2.48.